The molecule has 0 spiro atoms. The Labute approximate surface area is 95.1 Å². The summed E-state index contributed by atoms with van der Waals surface area (Å²) in [7, 11) is 1.23. The van der Waals surface area contributed by atoms with Crippen molar-refractivity contribution in [2.24, 2.45) is 5.73 Å². The number of ether oxygens (including phenoxy) is 1. The lowest BCUT2D eigenvalue weighted by Gasteiger charge is -2.34. The summed E-state index contributed by atoms with van der Waals surface area (Å²) in [6, 6.07) is 0.247. The van der Waals surface area contributed by atoms with E-state index in [1.165, 1.54) is 7.11 Å². The fraction of sp³-hybridized carbons (Fsp3) is 0.800. The molecule has 0 saturated carbocycles. The Morgan fingerprint density at radius 1 is 1.50 bits per heavy atom. The van der Waals surface area contributed by atoms with Crippen LogP contribution in [-0.4, -0.2) is 49.7 Å². The van der Waals surface area contributed by atoms with Crippen LogP contribution in [-0.2, 0) is 9.53 Å². The minimum Gasteiger partial charge on any atom is -0.453 e. The number of nitrogens with two attached hydrogens (primary N) is 1. The number of hydrogen-bond donors (Lipinski definition) is 2. The summed E-state index contributed by atoms with van der Waals surface area (Å²) >= 11 is 0. The second kappa shape index (κ2) is 6.44. The number of nitrogens with one attached hydrogen (secondary N) is 1. The van der Waals surface area contributed by atoms with Crippen molar-refractivity contribution >= 4 is 12.0 Å². The van der Waals surface area contributed by atoms with E-state index in [0.29, 0.717) is 6.54 Å². The molecule has 1 saturated heterocycles. The molecule has 1 aliphatic rings. The number of alkyl carbamates (subject to hydrolysis) is 1. The van der Waals surface area contributed by atoms with E-state index in [9.17, 15) is 9.59 Å². The Hall–Kier alpha value is -1.14. The van der Waals surface area contributed by atoms with Gasteiger partial charge < -0.3 is 10.5 Å². The van der Waals surface area contributed by atoms with E-state index in [1.807, 2.05) is 4.90 Å². The summed E-state index contributed by atoms with van der Waals surface area (Å²) in [4.78, 5) is 24.3. The van der Waals surface area contributed by atoms with Crippen LogP contribution in [0.2, 0.25) is 0 Å². The third-order valence-corrected chi connectivity index (χ3v) is 2.79. The monoisotopic (exact) mass is 229 g/mol. The molecule has 0 aromatic rings. The summed E-state index contributed by atoms with van der Waals surface area (Å²) in [5.74, 6) is -0.341. The van der Waals surface area contributed by atoms with Gasteiger partial charge in [-0.25, -0.2) is 4.79 Å². The minimum atomic E-state index is -0.716. The van der Waals surface area contributed by atoms with E-state index in [1.54, 1.807) is 0 Å². The first-order chi connectivity index (χ1) is 7.67. The first-order valence-electron chi connectivity index (χ1n) is 5.49. The average Bonchev–Trinajstić information content (AvgIpc) is 2.29. The summed E-state index contributed by atoms with van der Waals surface area (Å²) < 4.78 is 4.35. The van der Waals surface area contributed by atoms with Crippen LogP contribution in [0.25, 0.3) is 0 Å². The van der Waals surface area contributed by atoms with Crippen LogP contribution in [0.15, 0.2) is 0 Å². The molecule has 0 aromatic carbocycles. The first-order valence-corrected chi connectivity index (χ1v) is 5.49. The number of imide groups is 1. The molecule has 6 heteroatoms. The standard InChI is InChI=1S/C10H19N3O3/c1-16-10(15)12-9(14)7-13-5-3-2-4-8(13)6-11/h8H,2-7,11H2,1H3,(H,12,14,15). The van der Waals surface area contributed by atoms with Crippen molar-refractivity contribution in [3.05, 3.63) is 0 Å². The molecule has 0 bridgehead atoms. The lowest BCUT2D eigenvalue weighted by atomic mass is 10.0. The zero-order valence-electron chi connectivity index (χ0n) is 9.57. The van der Waals surface area contributed by atoms with E-state index >= 15 is 0 Å². The lowest BCUT2D eigenvalue weighted by molar-refractivity contribution is -0.122. The highest BCUT2D eigenvalue weighted by Crippen LogP contribution is 2.15. The number of rotatable bonds is 3. The van der Waals surface area contributed by atoms with E-state index in [0.717, 1.165) is 25.8 Å². The molecule has 3 N–H and O–H groups in total. The SMILES string of the molecule is COC(=O)NC(=O)CN1CCCCC1CN. The highest BCUT2D eigenvalue weighted by molar-refractivity contribution is 5.92. The zero-order chi connectivity index (χ0) is 12.0. The van der Waals surface area contributed by atoms with Crippen LogP contribution in [0.1, 0.15) is 19.3 Å². The lowest BCUT2D eigenvalue weighted by Crippen LogP contribution is -2.49. The molecule has 0 radical (unpaired) electrons. The molecule has 1 atom stereocenters. The third-order valence-electron chi connectivity index (χ3n) is 2.79. The number of methoxy groups -OCH3 is 1. The van der Waals surface area contributed by atoms with Gasteiger partial charge in [-0.15, -0.1) is 0 Å². The Kier molecular flexibility index (Phi) is 5.21. The smallest absolute Gasteiger partial charge is 0.413 e. The van der Waals surface area contributed by atoms with Crippen LogP contribution in [0.4, 0.5) is 4.79 Å². The van der Waals surface area contributed by atoms with Gasteiger partial charge in [-0.05, 0) is 19.4 Å². The normalized spacial score (nSPS) is 21.5. The molecule has 0 aliphatic carbocycles. The van der Waals surface area contributed by atoms with Crippen molar-refractivity contribution in [3.63, 3.8) is 0 Å². The van der Waals surface area contributed by atoms with Crippen molar-refractivity contribution in [1.82, 2.24) is 10.2 Å². The fourth-order valence-corrected chi connectivity index (χ4v) is 1.92. The van der Waals surface area contributed by atoms with Gasteiger partial charge in [0.15, 0.2) is 0 Å². The highest BCUT2D eigenvalue weighted by atomic mass is 16.5. The fourth-order valence-electron chi connectivity index (χ4n) is 1.92. The number of hydrogen-bond acceptors (Lipinski definition) is 5. The molecular formula is C10H19N3O3. The highest BCUT2D eigenvalue weighted by Gasteiger charge is 2.23. The van der Waals surface area contributed by atoms with Crippen molar-refractivity contribution in [1.29, 1.82) is 0 Å². The number of piperidine rings is 1. The third kappa shape index (κ3) is 3.79. The summed E-state index contributed by atoms with van der Waals surface area (Å²) in [5, 5.41) is 2.14. The number of amides is 2. The van der Waals surface area contributed by atoms with E-state index in [-0.39, 0.29) is 18.5 Å². The Morgan fingerprint density at radius 2 is 2.25 bits per heavy atom. The largest absolute Gasteiger partial charge is 0.453 e. The van der Waals surface area contributed by atoms with Gasteiger partial charge in [0.2, 0.25) is 5.91 Å². The second-order valence-corrected chi connectivity index (χ2v) is 3.90. The van der Waals surface area contributed by atoms with Crippen LogP contribution < -0.4 is 11.1 Å². The summed E-state index contributed by atoms with van der Waals surface area (Å²) in [5.41, 5.74) is 5.63. The average molecular weight is 229 g/mol. The molecule has 1 heterocycles. The van der Waals surface area contributed by atoms with E-state index in [2.05, 4.69) is 10.1 Å². The van der Waals surface area contributed by atoms with Crippen molar-refractivity contribution in [2.45, 2.75) is 25.3 Å². The van der Waals surface area contributed by atoms with E-state index < -0.39 is 6.09 Å². The van der Waals surface area contributed by atoms with Gasteiger partial charge in [-0.3, -0.25) is 15.0 Å². The molecule has 1 fully saturated rings. The van der Waals surface area contributed by atoms with Crippen LogP contribution >= 0.6 is 0 Å². The number of carbonyl (C=O) groups is 2. The number of likely N-dealkylation sites (tertiary alicyclic amines) is 1. The number of nitrogens with zero attached hydrogens (tertiary/aromatic N) is 1. The molecule has 0 aromatic heterocycles. The first kappa shape index (κ1) is 12.9. The topological polar surface area (TPSA) is 84.7 Å². The van der Waals surface area contributed by atoms with Crippen molar-refractivity contribution in [2.75, 3.05) is 26.7 Å². The van der Waals surface area contributed by atoms with Gasteiger partial charge >= 0.3 is 6.09 Å². The maximum absolute atomic E-state index is 11.4. The second-order valence-electron chi connectivity index (χ2n) is 3.90. The Morgan fingerprint density at radius 3 is 2.88 bits per heavy atom. The number of carbonyl (C=O) groups excluding carboxylic acids is 2. The van der Waals surface area contributed by atoms with Gasteiger partial charge in [0, 0.05) is 12.6 Å². The predicted molar refractivity (Wildman–Crippen MR) is 58.8 cm³/mol. The molecule has 1 aliphatic heterocycles. The summed E-state index contributed by atoms with van der Waals surface area (Å²) in [6.45, 7) is 1.61. The van der Waals surface area contributed by atoms with Gasteiger partial charge in [0.05, 0.1) is 13.7 Å². The van der Waals surface area contributed by atoms with Gasteiger partial charge in [0.25, 0.3) is 0 Å². The maximum atomic E-state index is 11.4. The van der Waals surface area contributed by atoms with Crippen LogP contribution in [0, 0.1) is 0 Å². The summed E-state index contributed by atoms with van der Waals surface area (Å²) in [6.07, 6.45) is 2.52. The van der Waals surface area contributed by atoms with Gasteiger partial charge in [0.1, 0.15) is 0 Å². The van der Waals surface area contributed by atoms with Crippen LogP contribution in [0.5, 0.6) is 0 Å². The Bertz CT molecular complexity index is 258. The molecule has 6 nitrogen and oxygen atoms in total. The molecule has 16 heavy (non-hydrogen) atoms. The zero-order valence-corrected chi connectivity index (χ0v) is 9.57. The quantitative estimate of drug-likeness (QED) is 0.693. The van der Waals surface area contributed by atoms with E-state index in [4.69, 9.17) is 5.73 Å². The molecular weight excluding hydrogens is 210 g/mol. The van der Waals surface area contributed by atoms with Crippen molar-refractivity contribution in [3.8, 4) is 0 Å². The van der Waals surface area contributed by atoms with Gasteiger partial charge in [-0.1, -0.05) is 6.42 Å². The minimum absolute atomic E-state index is 0.205. The van der Waals surface area contributed by atoms with Crippen LogP contribution in [0.3, 0.4) is 0 Å². The molecule has 1 rings (SSSR count). The Balaban J connectivity index is 2.39. The molecule has 2 amide bonds. The maximum Gasteiger partial charge on any atom is 0.413 e. The van der Waals surface area contributed by atoms with Gasteiger partial charge in [-0.2, -0.15) is 0 Å². The predicted octanol–water partition coefficient (Wildman–Crippen LogP) is -0.318. The molecule has 1 unspecified atom stereocenters. The van der Waals surface area contributed by atoms with Crippen molar-refractivity contribution < 1.29 is 14.3 Å². The molecule has 92 valence electrons.